The molecule has 0 aliphatic heterocycles. The highest BCUT2D eigenvalue weighted by Crippen LogP contribution is 2.21. The van der Waals surface area contributed by atoms with Crippen molar-refractivity contribution in [3.8, 4) is 0 Å². The van der Waals surface area contributed by atoms with Crippen molar-refractivity contribution in [3.63, 3.8) is 0 Å². The van der Waals surface area contributed by atoms with E-state index in [1.54, 1.807) is 6.07 Å². The second-order valence-electron chi connectivity index (χ2n) is 5.81. The smallest absolute Gasteiger partial charge is 0.251 e. The molecule has 20 heavy (non-hydrogen) atoms. The number of nitrogen functional groups attached to an aromatic ring is 1. The summed E-state index contributed by atoms with van der Waals surface area (Å²) in [5.41, 5.74) is 8.06. The van der Waals surface area contributed by atoms with Crippen LogP contribution in [0.15, 0.2) is 18.2 Å². The first-order valence-electron chi connectivity index (χ1n) is 7.42. The Bertz CT molecular complexity index is 447. The fourth-order valence-corrected chi connectivity index (χ4v) is 2.92. The van der Waals surface area contributed by atoms with Crippen molar-refractivity contribution in [3.05, 3.63) is 29.3 Å². The van der Waals surface area contributed by atoms with Gasteiger partial charge in [0, 0.05) is 30.4 Å². The fourth-order valence-electron chi connectivity index (χ4n) is 2.92. The van der Waals surface area contributed by atoms with Gasteiger partial charge in [-0.05, 0) is 50.6 Å². The molecule has 0 bridgehead atoms. The summed E-state index contributed by atoms with van der Waals surface area (Å²) in [4.78, 5) is 14.4. The third-order valence-electron chi connectivity index (χ3n) is 4.06. The van der Waals surface area contributed by atoms with Crippen LogP contribution in [-0.4, -0.2) is 37.0 Å². The number of carbonyl (C=O) groups is 1. The minimum atomic E-state index is -0.0415. The van der Waals surface area contributed by atoms with Crippen LogP contribution in [0.2, 0.25) is 0 Å². The molecule has 4 nitrogen and oxygen atoms in total. The number of aryl methyl sites for hydroxylation is 1. The van der Waals surface area contributed by atoms with Crippen molar-refractivity contribution in [1.82, 2.24) is 10.2 Å². The Balaban J connectivity index is 1.79. The van der Waals surface area contributed by atoms with Crippen molar-refractivity contribution in [1.29, 1.82) is 0 Å². The summed E-state index contributed by atoms with van der Waals surface area (Å²) < 4.78 is 0. The Morgan fingerprint density at radius 2 is 2.05 bits per heavy atom. The first-order valence-corrected chi connectivity index (χ1v) is 7.42. The number of carbonyl (C=O) groups excluding carboxylic acids is 1. The number of hydrogen-bond donors (Lipinski definition) is 2. The van der Waals surface area contributed by atoms with Gasteiger partial charge in [0.15, 0.2) is 0 Å². The number of nitrogens with one attached hydrogen (secondary N) is 1. The van der Waals surface area contributed by atoms with Gasteiger partial charge >= 0.3 is 0 Å². The summed E-state index contributed by atoms with van der Waals surface area (Å²) in [6.45, 7) is 3.53. The molecule has 0 atom stereocenters. The monoisotopic (exact) mass is 275 g/mol. The Labute approximate surface area is 121 Å². The Morgan fingerprint density at radius 1 is 1.35 bits per heavy atom. The first kappa shape index (κ1) is 14.9. The van der Waals surface area contributed by atoms with Gasteiger partial charge in [-0.1, -0.05) is 12.8 Å². The van der Waals surface area contributed by atoms with Crippen LogP contribution >= 0.6 is 0 Å². The maximum atomic E-state index is 12.1. The Hall–Kier alpha value is -1.55. The second kappa shape index (κ2) is 6.75. The van der Waals surface area contributed by atoms with Crippen molar-refractivity contribution in [2.75, 3.05) is 25.9 Å². The molecule has 1 amide bonds. The van der Waals surface area contributed by atoms with Gasteiger partial charge in [-0.15, -0.1) is 0 Å². The van der Waals surface area contributed by atoms with Gasteiger partial charge in [-0.2, -0.15) is 0 Å². The number of amides is 1. The van der Waals surface area contributed by atoms with E-state index >= 15 is 0 Å². The Morgan fingerprint density at radius 3 is 2.70 bits per heavy atom. The molecule has 1 saturated carbocycles. The SMILES string of the molecule is Cc1cc(N)cc(C(=O)NCCN(C)C2CCCC2)c1. The van der Waals surface area contributed by atoms with E-state index in [2.05, 4.69) is 17.3 Å². The average Bonchev–Trinajstić information content (AvgIpc) is 2.91. The van der Waals surface area contributed by atoms with E-state index in [9.17, 15) is 4.79 Å². The van der Waals surface area contributed by atoms with E-state index in [4.69, 9.17) is 5.73 Å². The molecular formula is C16H25N3O. The largest absolute Gasteiger partial charge is 0.399 e. The number of nitrogens with zero attached hydrogens (tertiary/aromatic N) is 1. The number of benzene rings is 1. The number of anilines is 1. The summed E-state index contributed by atoms with van der Waals surface area (Å²) in [6, 6.07) is 6.15. The lowest BCUT2D eigenvalue weighted by molar-refractivity contribution is 0.0947. The maximum absolute atomic E-state index is 12.1. The molecule has 3 N–H and O–H groups in total. The second-order valence-corrected chi connectivity index (χ2v) is 5.81. The van der Waals surface area contributed by atoms with Gasteiger partial charge in [0.25, 0.3) is 5.91 Å². The average molecular weight is 275 g/mol. The molecule has 1 aliphatic carbocycles. The van der Waals surface area contributed by atoms with Crippen LogP contribution in [0.1, 0.15) is 41.6 Å². The van der Waals surface area contributed by atoms with Gasteiger partial charge in [0.2, 0.25) is 0 Å². The van der Waals surface area contributed by atoms with E-state index in [0.717, 1.165) is 12.1 Å². The molecule has 0 unspecified atom stereocenters. The molecule has 0 radical (unpaired) electrons. The zero-order valence-electron chi connectivity index (χ0n) is 12.5. The van der Waals surface area contributed by atoms with E-state index < -0.39 is 0 Å². The van der Waals surface area contributed by atoms with Gasteiger partial charge in [-0.25, -0.2) is 0 Å². The fraction of sp³-hybridized carbons (Fsp3) is 0.562. The molecule has 0 saturated heterocycles. The third-order valence-corrected chi connectivity index (χ3v) is 4.06. The van der Waals surface area contributed by atoms with Crippen LogP contribution in [0.5, 0.6) is 0 Å². The van der Waals surface area contributed by atoms with E-state index in [1.165, 1.54) is 25.7 Å². The first-order chi connectivity index (χ1) is 9.56. The predicted molar refractivity (Wildman–Crippen MR) is 82.8 cm³/mol. The molecule has 2 rings (SSSR count). The standard InChI is InChI=1S/C16H25N3O/c1-12-9-13(11-14(17)10-12)16(20)18-7-8-19(2)15-5-3-4-6-15/h9-11,15H,3-8,17H2,1-2H3,(H,18,20). The molecule has 1 fully saturated rings. The van der Waals surface area contributed by atoms with Gasteiger partial charge in [0.05, 0.1) is 0 Å². The molecule has 1 aliphatic rings. The number of hydrogen-bond acceptors (Lipinski definition) is 3. The Kier molecular flexibility index (Phi) is 5.01. The lowest BCUT2D eigenvalue weighted by atomic mass is 10.1. The lowest BCUT2D eigenvalue weighted by Crippen LogP contribution is -2.37. The van der Waals surface area contributed by atoms with Crippen LogP contribution in [0.4, 0.5) is 5.69 Å². The minimum Gasteiger partial charge on any atom is -0.399 e. The van der Waals surface area contributed by atoms with Gasteiger partial charge < -0.3 is 16.0 Å². The summed E-state index contributed by atoms with van der Waals surface area (Å²) in [7, 11) is 2.15. The number of likely N-dealkylation sites (N-methyl/N-ethyl adjacent to an activating group) is 1. The predicted octanol–water partition coefficient (Wildman–Crippen LogP) is 2.18. The van der Waals surface area contributed by atoms with Crippen molar-refractivity contribution in [2.24, 2.45) is 0 Å². The zero-order chi connectivity index (χ0) is 14.5. The summed E-state index contributed by atoms with van der Waals surface area (Å²) >= 11 is 0. The lowest BCUT2D eigenvalue weighted by Gasteiger charge is -2.23. The molecule has 0 heterocycles. The highest BCUT2D eigenvalue weighted by Gasteiger charge is 2.19. The van der Waals surface area contributed by atoms with Crippen LogP contribution in [0.3, 0.4) is 0 Å². The van der Waals surface area contributed by atoms with Crippen LogP contribution < -0.4 is 11.1 Å². The van der Waals surface area contributed by atoms with Crippen molar-refractivity contribution in [2.45, 2.75) is 38.6 Å². The van der Waals surface area contributed by atoms with Crippen LogP contribution in [0.25, 0.3) is 0 Å². The highest BCUT2D eigenvalue weighted by molar-refractivity contribution is 5.95. The van der Waals surface area contributed by atoms with E-state index in [1.807, 2.05) is 19.1 Å². The molecule has 1 aromatic carbocycles. The van der Waals surface area contributed by atoms with Crippen LogP contribution in [0, 0.1) is 6.92 Å². The molecule has 0 aromatic heterocycles. The summed E-state index contributed by atoms with van der Waals surface area (Å²) in [5.74, 6) is -0.0415. The van der Waals surface area contributed by atoms with Crippen molar-refractivity contribution >= 4 is 11.6 Å². The summed E-state index contributed by atoms with van der Waals surface area (Å²) in [5, 5.41) is 2.97. The van der Waals surface area contributed by atoms with Gasteiger partial charge in [0.1, 0.15) is 0 Å². The topological polar surface area (TPSA) is 58.4 Å². The minimum absolute atomic E-state index is 0.0415. The molecule has 0 spiro atoms. The van der Waals surface area contributed by atoms with Crippen molar-refractivity contribution < 1.29 is 4.79 Å². The molecule has 4 heteroatoms. The highest BCUT2D eigenvalue weighted by atomic mass is 16.1. The normalized spacial score (nSPS) is 15.8. The molecular weight excluding hydrogens is 250 g/mol. The quantitative estimate of drug-likeness (QED) is 0.810. The van der Waals surface area contributed by atoms with Crippen LogP contribution in [-0.2, 0) is 0 Å². The number of rotatable bonds is 5. The zero-order valence-corrected chi connectivity index (χ0v) is 12.5. The summed E-state index contributed by atoms with van der Waals surface area (Å²) in [6.07, 6.45) is 5.26. The van der Waals surface area contributed by atoms with E-state index in [0.29, 0.717) is 23.8 Å². The number of nitrogens with two attached hydrogens (primary N) is 1. The third kappa shape index (κ3) is 3.97. The molecule has 110 valence electrons. The van der Waals surface area contributed by atoms with Gasteiger partial charge in [-0.3, -0.25) is 4.79 Å². The van der Waals surface area contributed by atoms with E-state index in [-0.39, 0.29) is 5.91 Å². The maximum Gasteiger partial charge on any atom is 0.251 e. The molecule has 1 aromatic rings.